The van der Waals surface area contributed by atoms with Crippen LogP contribution in [0.4, 0.5) is 0 Å². The van der Waals surface area contributed by atoms with Gasteiger partial charge in [-0.1, -0.05) is 20.3 Å². The second-order valence-corrected chi connectivity index (χ2v) is 6.22. The van der Waals surface area contributed by atoms with Crippen molar-refractivity contribution in [1.29, 1.82) is 0 Å². The number of nitrogens with one attached hydrogen (secondary N) is 2. The molecule has 1 aromatic heterocycles. The Balaban J connectivity index is 0.00000312. The molecular weight excluding hydrogens is 429 g/mol. The summed E-state index contributed by atoms with van der Waals surface area (Å²) in [4.78, 5) is 7.37. The molecule has 1 fully saturated rings. The smallest absolute Gasteiger partial charge is 0.191 e. The number of aromatic nitrogens is 3. The number of aryl methyl sites for hydroxylation is 1. The number of guanidine groups is 1. The molecule has 2 N–H and O–H groups in total. The minimum atomic E-state index is 0. The summed E-state index contributed by atoms with van der Waals surface area (Å²) in [6, 6.07) is 0.587. The van der Waals surface area contributed by atoms with E-state index in [1.807, 2.05) is 0 Å². The zero-order valence-corrected chi connectivity index (χ0v) is 18.2. The Bertz CT molecular complexity index is 503. The Labute approximate surface area is 169 Å². The van der Waals surface area contributed by atoms with Gasteiger partial charge in [0.05, 0.1) is 6.54 Å². The molecule has 2 heterocycles. The predicted molar refractivity (Wildman–Crippen MR) is 114 cm³/mol. The van der Waals surface area contributed by atoms with Gasteiger partial charge in [-0.05, 0) is 32.9 Å². The Kier molecular flexibility index (Phi) is 11.0. The molecule has 2 rings (SSSR count). The van der Waals surface area contributed by atoms with Gasteiger partial charge in [0.15, 0.2) is 5.96 Å². The Morgan fingerprint density at radius 3 is 2.84 bits per heavy atom. The Morgan fingerprint density at radius 2 is 2.12 bits per heavy atom. The summed E-state index contributed by atoms with van der Waals surface area (Å²) in [6.07, 6.45) is 6.62. The van der Waals surface area contributed by atoms with Crippen LogP contribution in [0.3, 0.4) is 0 Å². The lowest BCUT2D eigenvalue weighted by atomic mass is 10.0. The molecule has 0 spiro atoms. The van der Waals surface area contributed by atoms with Crippen molar-refractivity contribution in [3.05, 3.63) is 12.2 Å². The molecule has 1 aromatic rings. The fourth-order valence-corrected chi connectivity index (χ4v) is 3.26. The van der Waals surface area contributed by atoms with E-state index in [1.165, 1.54) is 25.8 Å². The fourth-order valence-electron chi connectivity index (χ4n) is 3.26. The zero-order chi connectivity index (χ0) is 17.2. The highest BCUT2D eigenvalue weighted by Crippen LogP contribution is 2.16. The summed E-state index contributed by atoms with van der Waals surface area (Å²) < 4.78 is 2.09. The molecule has 8 heteroatoms. The van der Waals surface area contributed by atoms with Gasteiger partial charge in [0.1, 0.15) is 12.2 Å². The van der Waals surface area contributed by atoms with Crippen LogP contribution in [0.15, 0.2) is 11.3 Å². The molecule has 1 aliphatic heterocycles. The number of aliphatic imine (C=N–C) groups is 1. The molecule has 7 nitrogen and oxygen atoms in total. The molecule has 0 aromatic carbocycles. The molecule has 144 valence electrons. The summed E-state index contributed by atoms with van der Waals surface area (Å²) in [5.41, 5.74) is 0. The third-order valence-electron chi connectivity index (χ3n) is 4.62. The number of likely N-dealkylation sites (tertiary alicyclic amines) is 1. The van der Waals surface area contributed by atoms with Gasteiger partial charge in [0.2, 0.25) is 0 Å². The lowest BCUT2D eigenvalue weighted by molar-refractivity contribution is 0.161. The maximum absolute atomic E-state index is 4.81. The molecule has 0 amide bonds. The molecule has 25 heavy (non-hydrogen) atoms. The van der Waals surface area contributed by atoms with Gasteiger partial charge in [-0.3, -0.25) is 9.89 Å². The van der Waals surface area contributed by atoms with Crippen LogP contribution in [-0.4, -0.2) is 64.4 Å². The van der Waals surface area contributed by atoms with E-state index in [1.54, 1.807) is 6.33 Å². The number of nitrogens with zero attached hydrogens (tertiary/aromatic N) is 5. The number of likely N-dealkylation sites (N-methyl/N-ethyl adjacent to an activating group) is 1. The van der Waals surface area contributed by atoms with Crippen LogP contribution < -0.4 is 10.6 Å². The average molecular weight is 463 g/mol. The van der Waals surface area contributed by atoms with Crippen LogP contribution in [0, 0.1) is 0 Å². The summed E-state index contributed by atoms with van der Waals surface area (Å²) in [5, 5.41) is 14.9. The topological polar surface area (TPSA) is 70.4 Å². The van der Waals surface area contributed by atoms with Crippen molar-refractivity contribution < 1.29 is 0 Å². The van der Waals surface area contributed by atoms with E-state index < -0.39 is 0 Å². The van der Waals surface area contributed by atoms with Crippen molar-refractivity contribution in [1.82, 2.24) is 30.3 Å². The molecule has 1 aliphatic rings. The van der Waals surface area contributed by atoms with Gasteiger partial charge in [0.25, 0.3) is 0 Å². The highest BCUT2D eigenvalue weighted by Gasteiger charge is 2.20. The maximum Gasteiger partial charge on any atom is 0.191 e. The van der Waals surface area contributed by atoms with Crippen LogP contribution in [0.5, 0.6) is 0 Å². The second-order valence-electron chi connectivity index (χ2n) is 6.22. The first-order chi connectivity index (χ1) is 11.8. The number of hydrogen-bond donors (Lipinski definition) is 2. The summed E-state index contributed by atoms with van der Waals surface area (Å²) in [6.45, 7) is 12.2. The number of piperidine rings is 1. The van der Waals surface area contributed by atoms with E-state index in [0.29, 0.717) is 6.04 Å². The van der Waals surface area contributed by atoms with Crippen LogP contribution in [0.25, 0.3) is 0 Å². The van der Waals surface area contributed by atoms with Crippen molar-refractivity contribution in [3.63, 3.8) is 0 Å². The normalized spacial score (nSPS) is 18.7. The van der Waals surface area contributed by atoms with E-state index >= 15 is 0 Å². The van der Waals surface area contributed by atoms with Gasteiger partial charge < -0.3 is 15.2 Å². The summed E-state index contributed by atoms with van der Waals surface area (Å²) in [7, 11) is 0. The van der Waals surface area contributed by atoms with E-state index in [2.05, 4.69) is 51.1 Å². The van der Waals surface area contributed by atoms with Gasteiger partial charge in [-0.2, -0.15) is 0 Å². The van der Waals surface area contributed by atoms with Crippen LogP contribution in [-0.2, 0) is 13.0 Å². The van der Waals surface area contributed by atoms with E-state index in [9.17, 15) is 0 Å². The van der Waals surface area contributed by atoms with Crippen LogP contribution in [0.1, 0.15) is 45.9 Å². The monoisotopic (exact) mass is 463 g/mol. The minimum Gasteiger partial charge on any atom is -0.357 e. The second kappa shape index (κ2) is 12.5. The lowest BCUT2D eigenvalue weighted by Gasteiger charge is -2.33. The number of hydrogen-bond acceptors (Lipinski definition) is 4. The van der Waals surface area contributed by atoms with E-state index in [-0.39, 0.29) is 24.0 Å². The lowest BCUT2D eigenvalue weighted by Crippen LogP contribution is -2.43. The summed E-state index contributed by atoms with van der Waals surface area (Å²) in [5.74, 6) is 1.93. The van der Waals surface area contributed by atoms with Crippen molar-refractivity contribution in [2.45, 2.75) is 59.0 Å². The molecular formula is C17H34IN7. The molecule has 1 unspecified atom stereocenters. The third-order valence-corrected chi connectivity index (χ3v) is 4.62. The Hall–Kier alpha value is -0.900. The van der Waals surface area contributed by atoms with Crippen LogP contribution >= 0.6 is 24.0 Å². The molecule has 1 saturated heterocycles. The van der Waals surface area contributed by atoms with Crippen molar-refractivity contribution in [2.75, 3.05) is 32.7 Å². The van der Waals surface area contributed by atoms with Crippen molar-refractivity contribution in [2.24, 2.45) is 4.99 Å². The van der Waals surface area contributed by atoms with Crippen LogP contribution in [0.2, 0.25) is 0 Å². The molecule has 0 bridgehead atoms. The predicted octanol–water partition coefficient (Wildman–Crippen LogP) is 1.89. The van der Waals surface area contributed by atoms with Crippen molar-refractivity contribution in [3.8, 4) is 0 Å². The Morgan fingerprint density at radius 1 is 1.28 bits per heavy atom. The number of rotatable bonds is 8. The molecule has 1 atom stereocenters. The standard InChI is InChI=1S/C17H33N7.HI/c1-4-16-22-21-14-24(16)12-10-19-17(18-5-2)20-13-15-9-7-8-11-23(15)6-3;/h14-15H,4-13H2,1-3H3,(H2,18,19,20);1H. The average Bonchev–Trinajstić information content (AvgIpc) is 3.07. The molecule has 0 aliphatic carbocycles. The van der Waals surface area contributed by atoms with Gasteiger partial charge >= 0.3 is 0 Å². The highest BCUT2D eigenvalue weighted by atomic mass is 127. The first-order valence-corrected chi connectivity index (χ1v) is 9.41. The largest absolute Gasteiger partial charge is 0.357 e. The highest BCUT2D eigenvalue weighted by molar-refractivity contribution is 14.0. The van der Waals surface area contributed by atoms with E-state index in [0.717, 1.165) is 50.9 Å². The van der Waals surface area contributed by atoms with E-state index in [4.69, 9.17) is 4.99 Å². The minimum absolute atomic E-state index is 0. The van der Waals surface area contributed by atoms with Gasteiger partial charge in [-0.25, -0.2) is 0 Å². The maximum atomic E-state index is 4.81. The number of halogens is 1. The fraction of sp³-hybridized carbons (Fsp3) is 0.824. The van der Waals surface area contributed by atoms with Crippen molar-refractivity contribution >= 4 is 29.9 Å². The molecule has 0 radical (unpaired) electrons. The quantitative estimate of drug-likeness (QED) is 0.350. The SMILES string of the molecule is CCNC(=NCC1CCCCN1CC)NCCn1cnnc1CC.I. The first kappa shape index (κ1) is 22.1. The summed E-state index contributed by atoms with van der Waals surface area (Å²) >= 11 is 0. The van der Waals surface area contributed by atoms with Gasteiger partial charge in [-0.15, -0.1) is 34.2 Å². The third kappa shape index (κ3) is 7.08. The first-order valence-electron chi connectivity index (χ1n) is 9.41. The molecule has 0 saturated carbocycles. The van der Waals surface area contributed by atoms with Gasteiger partial charge in [0, 0.05) is 32.1 Å². The zero-order valence-electron chi connectivity index (χ0n) is 15.9.